The number of nitrogens with one attached hydrogen (secondary N) is 1. The maximum atomic E-state index is 12.1. The third-order valence-corrected chi connectivity index (χ3v) is 4.76. The molecule has 0 aliphatic carbocycles. The van der Waals surface area contributed by atoms with E-state index in [-0.39, 0.29) is 5.91 Å². The maximum Gasteiger partial charge on any atom is 0.238 e. The molecule has 1 aliphatic heterocycles. The number of rotatable bonds is 5. The molecule has 0 bridgehead atoms. The summed E-state index contributed by atoms with van der Waals surface area (Å²) in [7, 11) is 0. The van der Waals surface area contributed by atoms with Gasteiger partial charge in [0.15, 0.2) is 0 Å². The number of piperazine rings is 1. The van der Waals surface area contributed by atoms with Crippen molar-refractivity contribution >= 4 is 22.9 Å². The van der Waals surface area contributed by atoms with Gasteiger partial charge in [-0.15, -0.1) is 11.3 Å². The molecule has 1 N–H and O–H groups in total. The van der Waals surface area contributed by atoms with E-state index in [1.807, 2.05) is 37.3 Å². The van der Waals surface area contributed by atoms with Crippen molar-refractivity contribution in [2.75, 3.05) is 38.0 Å². The zero-order valence-electron chi connectivity index (χ0n) is 13.4. The predicted octanol–water partition coefficient (Wildman–Crippen LogP) is 2.21. The molecule has 6 heteroatoms. The van der Waals surface area contributed by atoms with Gasteiger partial charge in [-0.2, -0.15) is 0 Å². The van der Waals surface area contributed by atoms with Crippen LogP contribution < -0.4 is 5.32 Å². The van der Waals surface area contributed by atoms with Crippen LogP contribution in [-0.4, -0.2) is 53.4 Å². The zero-order chi connectivity index (χ0) is 16.1. The van der Waals surface area contributed by atoms with E-state index in [4.69, 9.17) is 0 Å². The third kappa shape index (κ3) is 4.86. The zero-order valence-corrected chi connectivity index (χ0v) is 14.2. The number of anilines is 1. The van der Waals surface area contributed by atoms with E-state index in [9.17, 15) is 4.79 Å². The van der Waals surface area contributed by atoms with Crippen LogP contribution in [0.5, 0.6) is 0 Å². The Bertz CT molecular complexity index is 635. The number of aromatic nitrogens is 1. The molecule has 2 heterocycles. The first-order valence-electron chi connectivity index (χ1n) is 7.89. The third-order valence-electron chi connectivity index (χ3n) is 3.94. The summed E-state index contributed by atoms with van der Waals surface area (Å²) in [5.74, 6) is 0.0553. The molecular weight excluding hydrogens is 308 g/mol. The fourth-order valence-electron chi connectivity index (χ4n) is 2.74. The Morgan fingerprint density at radius 1 is 1.17 bits per heavy atom. The number of hydrogen-bond donors (Lipinski definition) is 1. The molecule has 0 spiro atoms. The summed E-state index contributed by atoms with van der Waals surface area (Å²) in [6.07, 6.45) is 0. The highest BCUT2D eigenvalue weighted by atomic mass is 32.1. The quantitative estimate of drug-likeness (QED) is 0.913. The molecular formula is C17H22N4OS. The van der Waals surface area contributed by atoms with Crippen LogP contribution in [0.25, 0.3) is 0 Å². The number of carbonyl (C=O) groups is 1. The van der Waals surface area contributed by atoms with Gasteiger partial charge >= 0.3 is 0 Å². The van der Waals surface area contributed by atoms with Crippen molar-refractivity contribution in [3.8, 4) is 0 Å². The van der Waals surface area contributed by atoms with E-state index in [0.717, 1.165) is 49.1 Å². The number of benzene rings is 1. The lowest BCUT2D eigenvalue weighted by Gasteiger charge is -2.33. The van der Waals surface area contributed by atoms with E-state index in [2.05, 4.69) is 25.5 Å². The Kier molecular flexibility index (Phi) is 5.38. The van der Waals surface area contributed by atoms with Crippen molar-refractivity contribution in [1.29, 1.82) is 0 Å². The fourth-order valence-corrected chi connectivity index (χ4v) is 3.34. The summed E-state index contributed by atoms with van der Waals surface area (Å²) in [5.41, 5.74) is 2.01. The normalized spacial score (nSPS) is 16.4. The van der Waals surface area contributed by atoms with Crippen LogP contribution in [0.3, 0.4) is 0 Å². The number of carbonyl (C=O) groups excluding carboxylic acids is 1. The van der Waals surface area contributed by atoms with Gasteiger partial charge in [0.2, 0.25) is 5.91 Å². The Morgan fingerprint density at radius 2 is 1.87 bits per heavy atom. The van der Waals surface area contributed by atoms with Gasteiger partial charge in [-0.05, 0) is 19.1 Å². The largest absolute Gasteiger partial charge is 0.325 e. The SMILES string of the molecule is Cc1nc(CN2CCN(CC(=O)Nc3ccccc3)CC2)cs1. The van der Waals surface area contributed by atoms with Gasteiger partial charge in [0, 0.05) is 43.8 Å². The number of nitrogens with zero attached hydrogens (tertiary/aromatic N) is 3. The van der Waals surface area contributed by atoms with Gasteiger partial charge in [-0.25, -0.2) is 4.98 Å². The van der Waals surface area contributed by atoms with Crippen LogP contribution in [0.1, 0.15) is 10.7 Å². The molecule has 3 rings (SSSR count). The highest BCUT2D eigenvalue weighted by Gasteiger charge is 2.19. The molecule has 1 aliphatic rings. The van der Waals surface area contributed by atoms with E-state index in [1.54, 1.807) is 11.3 Å². The van der Waals surface area contributed by atoms with Gasteiger partial charge in [-0.1, -0.05) is 18.2 Å². The molecule has 1 aromatic heterocycles. The molecule has 0 saturated carbocycles. The molecule has 122 valence electrons. The number of para-hydroxylation sites is 1. The van der Waals surface area contributed by atoms with Crippen LogP contribution in [0.2, 0.25) is 0 Å². The molecule has 0 unspecified atom stereocenters. The number of hydrogen-bond acceptors (Lipinski definition) is 5. The summed E-state index contributed by atoms with van der Waals surface area (Å²) in [6.45, 7) is 7.21. The molecule has 1 aromatic carbocycles. The average molecular weight is 330 g/mol. The molecule has 2 aromatic rings. The van der Waals surface area contributed by atoms with Crippen LogP contribution in [-0.2, 0) is 11.3 Å². The van der Waals surface area contributed by atoms with E-state index < -0.39 is 0 Å². The van der Waals surface area contributed by atoms with Gasteiger partial charge in [0.1, 0.15) is 0 Å². The molecule has 1 saturated heterocycles. The number of aryl methyl sites for hydroxylation is 1. The molecule has 1 amide bonds. The summed E-state index contributed by atoms with van der Waals surface area (Å²) in [6, 6.07) is 9.61. The molecule has 0 radical (unpaired) electrons. The minimum absolute atomic E-state index is 0.0553. The first-order valence-corrected chi connectivity index (χ1v) is 8.77. The average Bonchev–Trinajstić information content (AvgIpc) is 2.95. The highest BCUT2D eigenvalue weighted by Crippen LogP contribution is 2.12. The summed E-state index contributed by atoms with van der Waals surface area (Å²) in [5, 5.41) is 6.20. The lowest BCUT2D eigenvalue weighted by atomic mass is 10.3. The van der Waals surface area contributed by atoms with Crippen LogP contribution in [0.4, 0.5) is 5.69 Å². The molecule has 23 heavy (non-hydrogen) atoms. The van der Waals surface area contributed by atoms with E-state index in [1.165, 1.54) is 0 Å². The summed E-state index contributed by atoms with van der Waals surface area (Å²) >= 11 is 1.70. The van der Waals surface area contributed by atoms with Gasteiger partial charge in [-0.3, -0.25) is 14.6 Å². The smallest absolute Gasteiger partial charge is 0.238 e. The lowest BCUT2D eigenvalue weighted by molar-refractivity contribution is -0.117. The van der Waals surface area contributed by atoms with Crippen molar-refractivity contribution < 1.29 is 4.79 Å². The lowest BCUT2D eigenvalue weighted by Crippen LogP contribution is -2.48. The van der Waals surface area contributed by atoms with Crippen molar-refractivity contribution in [3.05, 3.63) is 46.4 Å². The second-order valence-electron chi connectivity index (χ2n) is 5.82. The first-order chi connectivity index (χ1) is 11.2. The van der Waals surface area contributed by atoms with Crippen molar-refractivity contribution in [3.63, 3.8) is 0 Å². The molecule has 0 atom stereocenters. The van der Waals surface area contributed by atoms with Crippen LogP contribution >= 0.6 is 11.3 Å². The van der Waals surface area contributed by atoms with Gasteiger partial charge in [0.25, 0.3) is 0 Å². The Balaban J connectivity index is 1.41. The van der Waals surface area contributed by atoms with E-state index >= 15 is 0 Å². The van der Waals surface area contributed by atoms with Gasteiger partial charge < -0.3 is 5.32 Å². The Labute approximate surface area is 140 Å². The van der Waals surface area contributed by atoms with Crippen molar-refractivity contribution in [1.82, 2.24) is 14.8 Å². The first kappa shape index (κ1) is 16.1. The monoisotopic (exact) mass is 330 g/mol. The molecule has 5 nitrogen and oxygen atoms in total. The number of amides is 1. The van der Waals surface area contributed by atoms with Crippen molar-refractivity contribution in [2.45, 2.75) is 13.5 Å². The van der Waals surface area contributed by atoms with Crippen LogP contribution in [0.15, 0.2) is 35.7 Å². The Morgan fingerprint density at radius 3 is 2.52 bits per heavy atom. The Hall–Kier alpha value is -1.76. The van der Waals surface area contributed by atoms with Crippen LogP contribution in [0, 0.1) is 6.92 Å². The second kappa shape index (κ2) is 7.68. The number of thiazole rings is 1. The predicted molar refractivity (Wildman–Crippen MR) is 93.6 cm³/mol. The summed E-state index contributed by atoms with van der Waals surface area (Å²) in [4.78, 5) is 21.2. The van der Waals surface area contributed by atoms with Gasteiger partial charge in [0.05, 0.1) is 17.2 Å². The van der Waals surface area contributed by atoms with E-state index in [0.29, 0.717) is 6.54 Å². The topological polar surface area (TPSA) is 48.5 Å². The highest BCUT2D eigenvalue weighted by molar-refractivity contribution is 7.09. The second-order valence-corrected chi connectivity index (χ2v) is 6.89. The minimum atomic E-state index is 0.0553. The molecule has 1 fully saturated rings. The fraction of sp³-hybridized carbons (Fsp3) is 0.412. The maximum absolute atomic E-state index is 12.1. The van der Waals surface area contributed by atoms with Crippen molar-refractivity contribution in [2.24, 2.45) is 0 Å². The summed E-state index contributed by atoms with van der Waals surface area (Å²) < 4.78 is 0. The standard InChI is InChI=1S/C17H22N4OS/c1-14-18-16(13-23-14)11-20-7-9-21(10-8-20)12-17(22)19-15-5-3-2-4-6-15/h2-6,13H,7-12H2,1H3,(H,19,22). The minimum Gasteiger partial charge on any atom is -0.325 e.